The first-order valence-corrected chi connectivity index (χ1v) is 14.1. The van der Waals surface area contributed by atoms with Gasteiger partial charge in [0.25, 0.3) is 0 Å². The fraction of sp³-hybridized carbons (Fsp3) is 0.360. The van der Waals surface area contributed by atoms with E-state index in [-0.39, 0.29) is 40.6 Å². The second-order valence-electron chi connectivity index (χ2n) is 9.37. The number of aryl methyl sites for hydroxylation is 4. The summed E-state index contributed by atoms with van der Waals surface area (Å²) in [6, 6.07) is 14.0. The zero-order chi connectivity index (χ0) is 20.0. The number of rotatable bonds is 4. The van der Waals surface area contributed by atoms with Crippen molar-refractivity contribution in [3.63, 3.8) is 0 Å². The van der Waals surface area contributed by atoms with Crippen LogP contribution in [-0.2, 0) is 20.4 Å². The van der Waals surface area contributed by atoms with Crippen LogP contribution < -0.4 is 37.2 Å². The zero-order valence-corrected chi connectivity index (χ0v) is 23.7. The van der Waals surface area contributed by atoms with Gasteiger partial charge in [0.1, 0.15) is 0 Å². The number of hydrogen-bond acceptors (Lipinski definition) is 0. The Kier molecular flexibility index (Phi) is 10.9. The Hall–Kier alpha value is -0.279. The first-order chi connectivity index (χ1) is 12.5. The van der Waals surface area contributed by atoms with E-state index < -0.39 is 8.07 Å². The molecule has 160 valence electrons. The standard InChI is InChI=1S/C25H31Si.3ClH.Ti/c1-17-10-18(2)13-22(12-17)25(23-14-19(3)11-20(4)15-23)21-8-9-24(16-21)26(5,6)7;;;;/h8-16,25H,1-7H3;3*1H;/q;;;;+3/p-3. The van der Waals surface area contributed by atoms with Gasteiger partial charge in [-0.1, -0.05) is 0 Å². The van der Waals surface area contributed by atoms with E-state index in [1.807, 2.05) is 0 Å². The summed E-state index contributed by atoms with van der Waals surface area (Å²) >= 11 is 2.42. The molecule has 0 aliphatic heterocycles. The molecule has 0 spiro atoms. The molecule has 0 saturated carbocycles. The van der Waals surface area contributed by atoms with Gasteiger partial charge in [0.15, 0.2) is 0 Å². The molecule has 1 aliphatic carbocycles. The van der Waals surface area contributed by atoms with Crippen LogP contribution in [0.25, 0.3) is 0 Å². The van der Waals surface area contributed by atoms with Crippen molar-refractivity contribution >= 4 is 8.07 Å². The van der Waals surface area contributed by atoms with Gasteiger partial charge in [-0.2, -0.15) is 0 Å². The molecule has 2 aromatic rings. The molecule has 1 aliphatic rings. The van der Waals surface area contributed by atoms with E-state index in [1.54, 1.807) is 0 Å². The van der Waals surface area contributed by atoms with Crippen LogP contribution in [0.15, 0.2) is 60.2 Å². The van der Waals surface area contributed by atoms with Crippen molar-refractivity contribution in [2.75, 3.05) is 0 Å². The number of benzene rings is 2. The summed E-state index contributed by atoms with van der Waals surface area (Å²) in [5.74, 6) is 0.302. The zero-order valence-electron chi connectivity index (χ0n) is 18.9. The van der Waals surface area contributed by atoms with Crippen LogP contribution in [0.4, 0.5) is 0 Å². The molecular weight excluding hydrogens is 483 g/mol. The molecule has 2 aromatic carbocycles. The summed E-state index contributed by atoms with van der Waals surface area (Å²) in [6.07, 6.45) is 7.43. The summed E-state index contributed by atoms with van der Waals surface area (Å²) in [7, 11) is -1.34. The van der Waals surface area contributed by atoms with Crippen LogP contribution in [0.1, 0.15) is 39.3 Å². The quantitative estimate of drug-likeness (QED) is 0.421. The van der Waals surface area contributed by atoms with Gasteiger partial charge < -0.3 is 37.2 Å². The molecule has 0 bridgehead atoms. The third kappa shape index (κ3) is 6.38. The van der Waals surface area contributed by atoms with Crippen molar-refractivity contribution in [1.29, 1.82) is 0 Å². The molecule has 30 heavy (non-hydrogen) atoms. The summed E-state index contributed by atoms with van der Waals surface area (Å²) in [5, 5.41) is 0. The Labute approximate surface area is 214 Å². The molecule has 0 amide bonds. The van der Waals surface area contributed by atoms with Gasteiger partial charge in [0, 0.05) is 0 Å². The van der Waals surface area contributed by atoms with Crippen molar-refractivity contribution in [3.8, 4) is 0 Å². The first kappa shape index (κ1) is 29.7. The molecule has 0 fully saturated rings. The molecule has 1 atom stereocenters. The molecule has 0 aromatic heterocycles. The Morgan fingerprint density at radius 3 is 1.37 bits per heavy atom. The minimum Gasteiger partial charge on any atom is -1.00 e. The Morgan fingerprint density at radius 1 is 0.700 bits per heavy atom. The maximum atomic E-state index is 2.57. The van der Waals surface area contributed by atoms with Crippen molar-refractivity contribution in [3.05, 3.63) is 93.6 Å². The Bertz CT molecular complexity index is 852. The number of hydrogen-bond donors (Lipinski definition) is 0. The van der Waals surface area contributed by atoms with Crippen LogP contribution >= 0.6 is 0 Å². The van der Waals surface area contributed by atoms with Crippen LogP contribution in [-0.4, -0.2) is 8.07 Å². The van der Waals surface area contributed by atoms with Gasteiger partial charge in [0.05, 0.1) is 0 Å². The molecular formula is C25H31Cl3SiTi. The average Bonchev–Trinajstić information content (AvgIpc) is 2.88. The first-order valence-electron chi connectivity index (χ1n) is 9.82. The molecule has 0 saturated heterocycles. The second kappa shape index (κ2) is 11.0. The number of halogens is 3. The molecule has 0 nitrogen and oxygen atoms in total. The van der Waals surface area contributed by atoms with Gasteiger partial charge in [0.2, 0.25) is 0 Å². The second-order valence-corrected chi connectivity index (χ2v) is 16.8. The molecule has 5 heteroatoms. The van der Waals surface area contributed by atoms with E-state index in [0.29, 0.717) is 5.92 Å². The fourth-order valence-electron chi connectivity index (χ4n) is 4.16. The van der Waals surface area contributed by atoms with E-state index in [4.69, 9.17) is 0 Å². The molecule has 0 N–H and O–H groups in total. The molecule has 0 heterocycles. The maximum absolute atomic E-state index is 2.57. The average molecular weight is 514 g/mol. The molecule has 3 rings (SSSR count). The van der Waals surface area contributed by atoms with Crippen molar-refractivity contribution in [2.24, 2.45) is 0 Å². The van der Waals surface area contributed by atoms with Crippen LogP contribution in [0.2, 0.25) is 23.0 Å². The van der Waals surface area contributed by atoms with E-state index in [1.165, 1.54) is 39.0 Å². The van der Waals surface area contributed by atoms with E-state index in [2.05, 4.69) is 122 Å². The van der Waals surface area contributed by atoms with Crippen LogP contribution in [0, 0.1) is 27.7 Å². The normalized spacial score (nSPS) is 17.7. The Morgan fingerprint density at radius 2 is 1.07 bits per heavy atom. The van der Waals surface area contributed by atoms with Gasteiger partial charge >= 0.3 is 179 Å². The molecule has 1 unspecified atom stereocenters. The predicted molar refractivity (Wildman–Crippen MR) is 117 cm³/mol. The molecule has 0 radical (unpaired) electrons. The summed E-state index contributed by atoms with van der Waals surface area (Å²) < 4.78 is 0.221. The SMILES string of the molecule is Cc1cc(C)cc(C(C2=C[C]([Ti+3])([Si](C)(C)C)C=C2)c2cc(C)cc(C)c2)c1.[Cl-].[Cl-].[Cl-]. The Balaban J connectivity index is 0.00000280. The van der Waals surface area contributed by atoms with E-state index >= 15 is 0 Å². The minimum absolute atomic E-state index is 0. The van der Waals surface area contributed by atoms with Crippen molar-refractivity contribution < 1.29 is 57.7 Å². The fourth-order valence-corrected chi connectivity index (χ4v) is 5.74. The van der Waals surface area contributed by atoms with Crippen molar-refractivity contribution in [1.82, 2.24) is 0 Å². The summed E-state index contributed by atoms with van der Waals surface area (Å²) in [6.45, 7) is 16.2. The summed E-state index contributed by atoms with van der Waals surface area (Å²) in [5.41, 5.74) is 9.64. The maximum Gasteiger partial charge on any atom is -1.00 e. The van der Waals surface area contributed by atoms with Gasteiger partial charge in [-0.05, 0) is 0 Å². The van der Waals surface area contributed by atoms with Crippen LogP contribution in [0.5, 0.6) is 0 Å². The monoisotopic (exact) mass is 512 g/mol. The van der Waals surface area contributed by atoms with E-state index in [9.17, 15) is 0 Å². The number of allylic oxidation sites excluding steroid dienone is 4. The summed E-state index contributed by atoms with van der Waals surface area (Å²) in [4.78, 5) is 0. The predicted octanol–water partition coefficient (Wildman–Crippen LogP) is -1.86. The third-order valence-corrected chi connectivity index (χ3v) is 12.5. The van der Waals surface area contributed by atoms with Crippen molar-refractivity contribution in [2.45, 2.75) is 56.6 Å². The minimum atomic E-state index is -1.34. The smallest absolute Gasteiger partial charge is 1.00 e. The van der Waals surface area contributed by atoms with Gasteiger partial charge in [-0.15, -0.1) is 0 Å². The van der Waals surface area contributed by atoms with E-state index in [0.717, 1.165) is 0 Å². The largest absolute Gasteiger partial charge is 1.00 e. The van der Waals surface area contributed by atoms with Gasteiger partial charge in [-0.25, -0.2) is 0 Å². The third-order valence-electron chi connectivity index (χ3n) is 5.66. The topological polar surface area (TPSA) is 0 Å². The van der Waals surface area contributed by atoms with Gasteiger partial charge in [-0.3, -0.25) is 0 Å². The van der Waals surface area contributed by atoms with Crippen LogP contribution in [0.3, 0.4) is 0 Å².